The highest BCUT2D eigenvalue weighted by Crippen LogP contribution is 2.40. The lowest BCUT2D eigenvalue weighted by molar-refractivity contribution is 0.254. The van der Waals surface area contributed by atoms with Crippen molar-refractivity contribution >= 4 is 0 Å². The molecule has 2 aromatic rings. The molecule has 4 nitrogen and oxygen atoms in total. The van der Waals surface area contributed by atoms with Gasteiger partial charge in [0.25, 0.3) is 0 Å². The molecule has 0 aliphatic carbocycles. The summed E-state index contributed by atoms with van der Waals surface area (Å²) >= 11 is 0. The Morgan fingerprint density at radius 2 is 0.837 bits per heavy atom. The van der Waals surface area contributed by atoms with Gasteiger partial charge in [-0.25, -0.2) is 0 Å². The van der Waals surface area contributed by atoms with Gasteiger partial charge < -0.3 is 18.9 Å². The molecule has 2 heterocycles. The number of hydrogen-bond donors (Lipinski definition) is 0. The summed E-state index contributed by atoms with van der Waals surface area (Å²) in [5, 5.41) is 0. The predicted octanol–water partition coefficient (Wildman–Crippen LogP) is 12.5. The van der Waals surface area contributed by atoms with Crippen LogP contribution < -0.4 is 9.47 Å². The first-order valence-electron chi connectivity index (χ1n) is 20.4. The highest BCUT2D eigenvalue weighted by molar-refractivity contribution is 5.52. The lowest BCUT2D eigenvalue weighted by Crippen LogP contribution is -2.12. The second-order valence-electron chi connectivity index (χ2n) is 16.5. The first-order valence-corrected chi connectivity index (χ1v) is 20.4. The lowest BCUT2D eigenvalue weighted by Gasteiger charge is -2.24. The molecule has 0 amide bonds. The molecule has 49 heavy (non-hydrogen) atoms. The summed E-state index contributed by atoms with van der Waals surface area (Å²) in [5.74, 6) is 5.21. The molecular weight excluding hydrogens is 604 g/mol. The van der Waals surface area contributed by atoms with Crippen LogP contribution in [0.15, 0.2) is 24.3 Å². The maximum absolute atomic E-state index is 6.70. The third-order valence-corrected chi connectivity index (χ3v) is 10.9. The first-order chi connectivity index (χ1) is 23.5. The van der Waals surface area contributed by atoms with Crippen LogP contribution in [0.1, 0.15) is 190 Å². The van der Waals surface area contributed by atoms with Crippen LogP contribution in [0.25, 0.3) is 0 Å². The van der Waals surface area contributed by atoms with Crippen LogP contribution in [0.5, 0.6) is 11.5 Å². The standard InChI is InChI=1S/C45H72O4/c1-11-13-17-36(42-28-48-42)19-15-21-46-44-38(30(3)4)24-34(25-39(44)31(5)6)23-35-26-40(32(7)8)45(41(27-35)33(9)10)47-22-16-20-37(18-14-12-2)43-29-49-43/h24-27,30-33,36-37,42-43H,11-23,28-29H2,1-10H3. The molecule has 0 spiro atoms. The smallest absolute Gasteiger partial charge is 0.126 e. The largest absolute Gasteiger partial charge is 0.493 e. The zero-order valence-corrected chi connectivity index (χ0v) is 33.2. The van der Waals surface area contributed by atoms with Gasteiger partial charge in [0.05, 0.1) is 38.6 Å². The average Bonchev–Trinajstić information content (AvgIpc) is 3.99. The van der Waals surface area contributed by atoms with E-state index in [-0.39, 0.29) is 0 Å². The van der Waals surface area contributed by atoms with Crippen molar-refractivity contribution in [3.63, 3.8) is 0 Å². The number of unbranched alkanes of at least 4 members (excludes halogenated alkanes) is 2. The van der Waals surface area contributed by atoms with Gasteiger partial charge in [0.2, 0.25) is 0 Å². The fourth-order valence-corrected chi connectivity index (χ4v) is 7.63. The van der Waals surface area contributed by atoms with Crippen LogP contribution in [-0.2, 0) is 15.9 Å². The summed E-state index contributed by atoms with van der Waals surface area (Å²) in [6.45, 7) is 26.5. The van der Waals surface area contributed by atoms with E-state index in [0.717, 1.165) is 57.2 Å². The molecule has 276 valence electrons. The highest BCUT2D eigenvalue weighted by atomic mass is 16.6. The Bertz CT molecular complexity index is 1110. The molecule has 0 aromatic heterocycles. The van der Waals surface area contributed by atoms with Crippen LogP contribution in [0, 0.1) is 11.8 Å². The summed E-state index contributed by atoms with van der Waals surface area (Å²) in [6.07, 6.45) is 14.1. The van der Waals surface area contributed by atoms with Gasteiger partial charge in [-0.2, -0.15) is 0 Å². The molecule has 0 radical (unpaired) electrons. The second-order valence-corrected chi connectivity index (χ2v) is 16.5. The SMILES string of the molecule is CCCCC(CCCOc1c(C(C)C)cc(Cc2cc(C(C)C)c(OCCCC(CCCC)C3CO3)c(C(C)C)c2)cc1C(C)C)C1CO1. The number of benzene rings is 2. The molecule has 4 atom stereocenters. The number of hydrogen-bond acceptors (Lipinski definition) is 4. The predicted molar refractivity (Wildman–Crippen MR) is 207 cm³/mol. The van der Waals surface area contributed by atoms with Crippen molar-refractivity contribution in [3.8, 4) is 11.5 Å². The number of rotatable bonds is 24. The molecule has 2 aliphatic heterocycles. The molecule has 2 fully saturated rings. The zero-order valence-electron chi connectivity index (χ0n) is 33.2. The summed E-state index contributed by atoms with van der Waals surface area (Å²) in [4.78, 5) is 0. The Hall–Kier alpha value is -2.04. The van der Waals surface area contributed by atoms with E-state index in [1.54, 1.807) is 0 Å². The highest BCUT2D eigenvalue weighted by Gasteiger charge is 2.32. The van der Waals surface area contributed by atoms with Crippen molar-refractivity contribution in [1.82, 2.24) is 0 Å². The summed E-state index contributed by atoms with van der Waals surface area (Å²) in [5.41, 5.74) is 8.13. The molecule has 4 unspecified atom stereocenters. The molecule has 2 aliphatic rings. The summed E-state index contributed by atoms with van der Waals surface area (Å²) < 4.78 is 24.8. The van der Waals surface area contributed by atoms with Crippen LogP contribution in [0.4, 0.5) is 0 Å². The molecule has 0 N–H and O–H groups in total. The van der Waals surface area contributed by atoms with E-state index >= 15 is 0 Å². The molecule has 4 heteroatoms. The van der Waals surface area contributed by atoms with Gasteiger partial charge in [-0.1, -0.05) is 119 Å². The molecule has 2 aromatic carbocycles. The Balaban J connectivity index is 1.50. The number of ether oxygens (including phenoxy) is 4. The maximum Gasteiger partial charge on any atom is 0.126 e. The van der Waals surface area contributed by atoms with E-state index in [1.165, 1.54) is 84.7 Å². The zero-order chi connectivity index (χ0) is 35.5. The van der Waals surface area contributed by atoms with Gasteiger partial charge >= 0.3 is 0 Å². The Morgan fingerprint density at radius 3 is 1.10 bits per heavy atom. The Morgan fingerprint density at radius 1 is 0.531 bits per heavy atom. The normalized spacial score (nSPS) is 18.5. The van der Waals surface area contributed by atoms with Crippen LogP contribution in [0.3, 0.4) is 0 Å². The van der Waals surface area contributed by atoms with Crippen molar-refractivity contribution in [2.24, 2.45) is 11.8 Å². The maximum atomic E-state index is 6.70. The monoisotopic (exact) mass is 677 g/mol. The van der Waals surface area contributed by atoms with Crippen molar-refractivity contribution in [2.75, 3.05) is 26.4 Å². The topological polar surface area (TPSA) is 43.5 Å². The van der Waals surface area contributed by atoms with Gasteiger partial charge in [0.15, 0.2) is 0 Å². The van der Waals surface area contributed by atoms with Crippen molar-refractivity contribution in [1.29, 1.82) is 0 Å². The lowest BCUT2D eigenvalue weighted by atomic mass is 9.87. The van der Waals surface area contributed by atoms with Gasteiger partial charge in [-0.3, -0.25) is 0 Å². The molecular formula is C45H72O4. The van der Waals surface area contributed by atoms with Gasteiger partial charge in [0.1, 0.15) is 11.5 Å². The van der Waals surface area contributed by atoms with Crippen LogP contribution in [-0.4, -0.2) is 38.6 Å². The van der Waals surface area contributed by atoms with E-state index in [0.29, 0.717) is 47.7 Å². The Kier molecular flexibility index (Phi) is 15.8. The van der Waals surface area contributed by atoms with Crippen molar-refractivity contribution in [2.45, 2.75) is 176 Å². The molecule has 0 bridgehead atoms. The van der Waals surface area contributed by atoms with Gasteiger partial charge in [-0.15, -0.1) is 0 Å². The first kappa shape index (κ1) is 39.7. The third-order valence-electron chi connectivity index (χ3n) is 10.9. The average molecular weight is 677 g/mol. The summed E-state index contributed by atoms with van der Waals surface area (Å²) in [7, 11) is 0. The van der Waals surface area contributed by atoms with E-state index in [9.17, 15) is 0 Å². The van der Waals surface area contributed by atoms with Crippen molar-refractivity contribution < 1.29 is 18.9 Å². The van der Waals surface area contributed by atoms with Gasteiger partial charge in [0, 0.05) is 0 Å². The minimum absolute atomic E-state index is 0.394. The van der Waals surface area contributed by atoms with Gasteiger partial charge in [-0.05, 0) is 114 Å². The van der Waals surface area contributed by atoms with E-state index in [1.807, 2.05) is 0 Å². The van der Waals surface area contributed by atoms with Crippen molar-refractivity contribution in [3.05, 3.63) is 57.6 Å². The quantitative estimate of drug-likeness (QED) is 0.0820. The number of epoxide rings is 2. The third kappa shape index (κ3) is 12.0. The molecule has 4 rings (SSSR count). The second kappa shape index (κ2) is 19.5. The van der Waals surface area contributed by atoms with E-state index in [2.05, 4.69) is 93.5 Å². The summed E-state index contributed by atoms with van der Waals surface area (Å²) in [6, 6.07) is 9.73. The molecule has 2 saturated heterocycles. The van der Waals surface area contributed by atoms with E-state index in [4.69, 9.17) is 18.9 Å². The van der Waals surface area contributed by atoms with Crippen LogP contribution in [0.2, 0.25) is 0 Å². The van der Waals surface area contributed by atoms with Crippen LogP contribution >= 0.6 is 0 Å². The minimum Gasteiger partial charge on any atom is -0.493 e. The fourth-order valence-electron chi connectivity index (χ4n) is 7.63. The fraction of sp³-hybridized carbons (Fsp3) is 0.733. The van der Waals surface area contributed by atoms with E-state index < -0.39 is 0 Å². The minimum atomic E-state index is 0.394. The molecule has 0 saturated carbocycles. The Labute approximate surface area is 301 Å².